The molecule has 2 aromatic rings. The lowest BCUT2D eigenvalue weighted by Gasteiger charge is -2.14. The lowest BCUT2D eigenvalue weighted by atomic mass is 10.1. The molecule has 4 N–H and O–H groups in total. The van der Waals surface area contributed by atoms with Crippen molar-refractivity contribution in [2.24, 2.45) is 0 Å². The van der Waals surface area contributed by atoms with Crippen molar-refractivity contribution in [1.29, 1.82) is 0 Å². The Kier molecular flexibility index (Phi) is 9.28. The fourth-order valence-corrected chi connectivity index (χ4v) is 2.06. The van der Waals surface area contributed by atoms with E-state index in [9.17, 15) is 23.6 Å². The third-order valence-corrected chi connectivity index (χ3v) is 3.25. The van der Waals surface area contributed by atoms with Gasteiger partial charge >= 0.3 is 5.97 Å². The number of aliphatic carboxylic acids is 1. The molecule has 28 heavy (non-hydrogen) atoms. The van der Waals surface area contributed by atoms with Crippen LogP contribution in [0.4, 0.5) is 4.39 Å². The topological polar surface area (TPSA) is 141 Å². The number of nitrogens with zero attached hydrogens (tertiary/aromatic N) is 1. The van der Waals surface area contributed by atoms with Crippen LogP contribution in [0.3, 0.4) is 0 Å². The van der Waals surface area contributed by atoms with Crippen LogP contribution < -0.4 is 10.6 Å². The van der Waals surface area contributed by atoms with Crippen molar-refractivity contribution in [1.82, 2.24) is 20.6 Å². The van der Waals surface area contributed by atoms with E-state index in [4.69, 9.17) is 5.11 Å². The van der Waals surface area contributed by atoms with Gasteiger partial charge in [0.1, 0.15) is 12.7 Å². The number of para-hydroxylation sites is 2. The minimum Gasteiger partial charge on any atom is -0.481 e. The highest BCUT2D eigenvalue weighted by atomic mass is 19.1. The highest BCUT2D eigenvalue weighted by molar-refractivity contribution is 5.97. The van der Waals surface area contributed by atoms with Crippen LogP contribution in [0.25, 0.3) is 11.0 Å². The number of ketones is 1. The number of carbonyl (C=O) groups excluding carboxylic acids is 3. The number of imidazole rings is 1. The van der Waals surface area contributed by atoms with E-state index in [0.29, 0.717) is 11.0 Å². The highest BCUT2D eigenvalue weighted by Gasteiger charge is 2.23. The lowest BCUT2D eigenvalue weighted by molar-refractivity contribution is -0.140. The normalized spacial score (nSPS) is 11.1. The summed E-state index contributed by atoms with van der Waals surface area (Å²) < 4.78 is 12.4. The zero-order chi connectivity index (χ0) is 21.1. The number of carboxylic acids is 1. The van der Waals surface area contributed by atoms with E-state index < -0.39 is 49.2 Å². The number of rotatable bonds is 8. The SMILES string of the molecule is CCC.O=C(O)CC(NC(=O)CNC(=O)c1nc2ccccc2[nH]1)C(=O)CF. The van der Waals surface area contributed by atoms with E-state index in [1.54, 1.807) is 24.3 Å². The number of carbonyl (C=O) groups is 4. The number of H-pyrrole nitrogens is 1. The van der Waals surface area contributed by atoms with E-state index in [1.807, 2.05) is 0 Å². The zero-order valence-corrected chi connectivity index (χ0v) is 15.6. The minimum absolute atomic E-state index is 0.00378. The molecule has 2 rings (SSSR count). The van der Waals surface area contributed by atoms with Crippen LogP contribution in [-0.2, 0) is 14.4 Å². The Morgan fingerprint density at radius 1 is 1.21 bits per heavy atom. The number of aromatic amines is 1. The van der Waals surface area contributed by atoms with Gasteiger partial charge in [-0.05, 0) is 12.1 Å². The molecule has 1 unspecified atom stereocenters. The van der Waals surface area contributed by atoms with Gasteiger partial charge in [-0.25, -0.2) is 9.37 Å². The summed E-state index contributed by atoms with van der Waals surface area (Å²) in [6.07, 6.45) is 0.506. The molecule has 1 aromatic carbocycles. The van der Waals surface area contributed by atoms with Crippen LogP contribution in [0.1, 0.15) is 37.3 Å². The number of hydrogen-bond acceptors (Lipinski definition) is 5. The van der Waals surface area contributed by atoms with Gasteiger partial charge in [0, 0.05) is 0 Å². The van der Waals surface area contributed by atoms with Crippen molar-refractivity contribution in [2.45, 2.75) is 32.7 Å². The molecule has 0 aliphatic rings. The largest absolute Gasteiger partial charge is 0.481 e. The molecular weight excluding hydrogens is 371 g/mol. The predicted molar refractivity (Wildman–Crippen MR) is 99.6 cm³/mol. The first-order chi connectivity index (χ1) is 13.3. The summed E-state index contributed by atoms with van der Waals surface area (Å²) in [5, 5.41) is 13.0. The maximum Gasteiger partial charge on any atom is 0.305 e. The number of nitrogens with one attached hydrogen (secondary N) is 3. The lowest BCUT2D eigenvalue weighted by Crippen LogP contribution is -2.47. The number of halogens is 1. The minimum atomic E-state index is -1.49. The fourth-order valence-electron chi connectivity index (χ4n) is 2.06. The Morgan fingerprint density at radius 2 is 1.86 bits per heavy atom. The van der Waals surface area contributed by atoms with Crippen LogP contribution >= 0.6 is 0 Å². The molecule has 0 spiro atoms. The Hall–Kier alpha value is -3.30. The van der Waals surface area contributed by atoms with Crippen LogP contribution in [-0.4, -0.2) is 57.9 Å². The van der Waals surface area contributed by atoms with Gasteiger partial charge in [0.25, 0.3) is 5.91 Å². The maximum absolute atomic E-state index is 12.4. The smallest absolute Gasteiger partial charge is 0.305 e. The molecule has 1 heterocycles. The van der Waals surface area contributed by atoms with Gasteiger partial charge in [0.2, 0.25) is 5.91 Å². The molecule has 0 fully saturated rings. The zero-order valence-electron chi connectivity index (χ0n) is 15.6. The molecule has 0 aliphatic heterocycles. The molecule has 152 valence electrons. The van der Waals surface area contributed by atoms with Gasteiger partial charge in [0.15, 0.2) is 11.6 Å². The monoisotopic (exact) mass is 394 g/mol. The van der Waals surface area contributed by atoms with Gasteiger partial charge in [-0.2, -0.15) is 0 Å². The molecule has 1 atom stereocenters. The molecule has 0 aliphatic carbocycles. The van der Waals surface area contributed by atoms with Gasteiger partial charge in [-0.1, -0.05) is 32.4 Å². The van der Waals surface area contributed by atoms with Gasteiger partial charge in [-0.15, -0.1) is 0 Å². The molecule has 0 saturated carbocycles. The van der Waals surface area contributed by atoms with Crippen molar-refractivity contribution in [3.8, 4) is 0 Å². The number of Topliss-reactive ketones (excluding diaryl/α,β-unsaturated/α-hetero) is 1. The van der Waals surface area contributed by atoms with Crippen molar-refractivity contribution in [2.75, 3.05) is 13.2 Å². The van der Waals surface area contributed by atoms with Gasteiger partial charge < -0.3 is 20.7 Å². The molecule has 2 amide bonds. The van der Waals surface area contributed by atoms with E-state index in [0.717, 1.165) is 0 Å². The number of carboxylic acid groups (broad SMARTS) is 1. The number of benzene rings is 1. The molecule has 10 heteroatoms. The molecule has 0 saturated heterocycles. The summed E-state index contributed by atoms with van der Waals surface area (Å²) in [4.78, 5) is 52.5. The van der Waals surface area contributed by atoms with Gasteiger partial charge in [0.05, 0.1) is 24.0 Å². The molecular formula is C18H23FN4O5. The number of fused-ring (bicyclic) bond motifs is 1. The second-order valence-corrected chi connectivity index (χ2v) is 5.81. The average Bonchev–Trinajstić information content (AvgIpc) is 3.09. The summed E-state index contributed by atoms with van der Waals surface area (Å²) in [7, 11) is 0. The van der Waals surface area contributed by atoms with E-state index >= 15 is 0 Å². The Bertz CT molecular complexity index is 803. The summed E-state index contributed by atoms with van der Waals surface area (Å²) in [5.41, 5.74) is 1.22. The third kappa shape index (κ3) is 7.14. The Morgan fingerprint density at radius 3 is 2.43 bits per heavy atom. The maximum atomic E-state index is 12.4. The van der Waals surface area contributed by atoms with Crippen LogP contribution in [0.2, 0.25) is 0 Å². The first-order valence-corrected chi connectivity index (χ1v) is 8.65. The van der Waals surface area contributed by atoms with E-state index in [1.165, 1.54) is 6.42 Å². The standard InChI is InChI=1S/C15H15FN4O5.C3H8/c16-6-11(21)10(5-13(23)24)18-12(22)7-17-15(25)14-19-8-3-1-2-4-9(8)20-14;1-3-2/h1-4,10H,5-7H2,(H,17,25)(H,18,22)(H,19,20)(H,23,24);3H2,1-2H3. The highest BCUT2D eigenvalue weighted by Crippen LogP contribution is 2.09. The predicted octanol–water partition coefficient (Wildman–Crippen LogP) is 1.21. The second kappa shape index (κ2) is 11.4. The van der Waals surface area contributed by atoms with E-state index in [2.05, 4.69) is 34.4 Å². The number of hydrogen-bond donors (Lipinski definition) is 4. The van der Waals surface area contributed by atoms with Crippen molar-refractivity contribution >= 4 is 34.6 Å². The fraction of sp³-hybridized carbons (Fsp3) is 0.389. The van der Waals surface area contributed by atoms with Crippen LogP contribution in [0.5, 0.6) is 0 Å². The van der Waals surface area contributed by atoms with E-state index in [-0.39, 0.29) is 5.82 Å². The quantitative estimate of drug-likeness (QED) is 0.530. The second-order valence-electron chi connectivity index (χ2n) is 5.81. The van der Waals surface area contributed by atoms with Crippen molar-refractivity contribution in [3.63, 3.8) is 0 Å². The Balaban J connectivity index is 0.00000122. The molecule has 1 aromatic heterocycles. The van der Waals surface area contributed by atoms with Crippen molar-refractivity contribution in [3.05, 3.63) is 30.1 Å². The van der Waals surface area contributed by atoms with Gasteiger partial charge in [-0.3, -0.25) is 19.2 Å². The van der Waals surface area contributed by atoms with Crippen molar-refractivity contribution < 1.29 is 28.7 Å². The molecule has 9 nitrogen and oxygen atoms in total. The summed E-state index contributed by atoms with van der Waals surface area (Å²) in [6, 6.07) is 5.46. The first kappa shape index (κ1) is 22.7. The number of alkyl halides is 1. The Labute approximate surface area is 160 Å². The number of amides is 2. The summed E-state index contributed by atoms with van der Waals surface area (Å²) >= 11 is 0. The third-order valence-electron chi connectivity index (χ3n) is 3.25. The number of aromatic nitrogens is 2. The summed E-state index contributed by atoms with van der Waals surface area (Å²) in [6.45, 7) is 2.33. The van der Waals surface area contributed by atoms with Crippen LogP contribution in [0.15, 0.2) is 24.3 Å². The average molecular weight is 394 g/mol. The van der Waals surface area contributed by atoms with Crippen LogP contribution in [0, 0.1) is 0 Å². The summed E-state index contributed by atoms with van der Waals surface area (Å²) in [5.74, 6) is -3.90. The first-order valence-electron chi connectivity index (χ1n) is 8.65. The molecule has 0 bridgehead atoms. The molecule has 0 radical (unpaired) electrons.